The zero-order valence-electron chi connectivity index (χ0n) is 11.6. The zero-order chi connectivity index (χ0) is 14.7. The van der Waals surface area contributed by atoms with E-state index < -0.39 is 0 Å². The maximum absolute atomic E-state index is 12.3. The molecular formula is C16H14N2O3. The molecule has 3 aliphatic rings. The number of carbonyl (C=O) groups is 3. The van der Waals surface area contributed by atoms with Gasteiger partial charge in [0.05, 0.1) is 6.04 Å². The van der Waals surface area contributed by atoms with Gasteiger partial charge in [-0.2, -0.15) is 0 Å². The highest BCUT2D eigenvalue weighted by Crippen LogP contribution is 2.43. The first-order valence-electron chi connectivity index (χ1n) is 7.05. The summed E-state index contributed by atoms with van der Waals surface area (Å²) in [5, 5.41) is 2.92. The highest BCUT2D eigenvalue weighted by molar-refractivity contribution is 6.20. The molecule has 5 nitrogen and oxygen atoms in total. The Morgan fingerprint density at radius 2 is 1.90 bits per heavy atom. The first-order chi connectivity index (χ1) is 10.1. The molecule has 2 heterocycles. The molecule has 0 saturated heterocycles. The molecule has 0 fully saturated rings. The number of amides is 3. The number of carbonyl (C=O) groups excluding carboxylic acids is 3. The lowest BCUT2D eigenvalue weighted by Crippen LogP contribution is -2.48. The van der Waals surface area contributed by atoms with Crippen LogP contribution in [-0.4, -0.2) is 35.7 Å². The summed E-state index contributed by atoms with van der Waals surface area (Å²) in [7, 11) is 1.50. The fraction of sp³-hybridized carbons (Fsp3) is 0.312. The van der Waals surface area contributed by atoms with Crippen molar-refractivity contribution in [3.63, 3.8) is 0 Å². The van der Waals surface area contributed by atoms with Crippen LogP contribution in [-0.2, 0) is 9.59 Å². The van der Waals surface area contributed by atoms with Crippen LogP contribution in [0.25, 0.3) is 0 Å². The first-order valence-corrected chi connectivity index (χ1v) is 7.05. The molecule has 0 aromatic heterocycles. The molecule has 0 bridgehead atoms. The Labute approximate surface area is 121 Å². The molecular weight excluding hydrogens is 268 g/mol. The molecule has 4 rings (SSSR count). The molecule has 0 spiro atoms. The van der Waals surface area contributed by atoms with Gasteiger partial charge in [-0.05, 0) is 24.5 Å². The summed E-state index contributed by atoms with van der Waals surface area (Å²) >= 11 is 0. The summed E-state index contributed by atoms with van der Waals surface area (Å²) in [5.41, 5.74) is 2.71. The molecule has 1 aliphatic carbocycles. The Morgan fingerprint density at radius 1 is 1.14 bits per heavy atom. The van der Waals surface area contributed by atoms with Gasteiger partial charge in [-0.1, -0.05) is 18.2 Å². The van der Waals surface area contributed by atoms with E-state index in [1.54, 1.807) is 6.07 Å². The average Bonchev–Trinajstić information content (AvgIpc) is 2.72. The summed E-state index contributed by atoms with van der Waals surface area (Å²) in [6.07, 6.45) is 1.36. The molecule has 5 heteroatoms. The van der Waals surface area contributed by atoms with E-state index in [4.69, 9.17) is 0 Å². The summed E-state index contributed by atoms with van der Waals surface area (Å²) in [4.78, 5) is 37.8. The molecule has 2 atom stereocenters. The van der Waals surface area contributed by atoms with Crippen LogP contribution in [0.15, 0.2) is 35.4 Å². The van der Waals surface area contributed by atoms with Crippen molar-refractivity contribution in [2.45, 2.75) is 24.8 Å². The number of nitrogens with zero attached hydrogens (tertiary/aromatic N) is 1. The number of hydrogen-bond donors (Lipinski definition) is 1. The van der Waals surface area contributed by atoms with Crippen LogP contribution in [0.2, 0.25) is 0 Å². The summed E-state index contributed by atoms with van der Waals surface area (Å²) in [5.74, 6) is -0.595. The smallest absolute Gasteiger partial charge is 0.258 e. The van der Waals surface area contributed by atoms with E-state index in [0.29, 0.717) is 23.1 Å². The average molecular weight is 282 g/mol. The van der Waals surface area contributed by atoms with Crippen LogP contribution in [0, 0.1) is 0 Å². The van der Waals surface area contributed by atoms with Crippen molar-refractivity contribution in [3.8, 4) is 0 Å². The molecule has 1 aromatic rings. The third kappa shape index (κ3) is 1.48. The Hall–Kier alpha value is -2.43. The predicted octanol–water partition coefficient (Wildman–Crippen LogP) is 0.971. The second-order valence-corrected chi connectivity index (χ2v) is 5.75. The SMILES string of the molecule is CN1C(=O)C2=C(C1=O)[C@@H]1NC(=O)c3ccccc3C1CC2. The first kappa shape index (κ1) is 12.3. The van der Waals surface area contributed by atoms with Crippen LogP contribution >= 0.6 is 0 Å². The number of likely N-dealkylation sites (N-methyl/N-ethyl adjacent to an activating group) is 1. The van der Waals surface area contributed by atoms with Crippen LogP contribution < -0.4 is 5.32 Å². The molecule has 2 aliphatic heterocycles. The van der Waals surface area contributed by atoms with Crippen molar-refractivity contribution in [2.24, 2.45) is 0 Å². The van der Waals surface area contributed by atoms with E-state index >= 15 is 0 Å². The minimum Gasteiger partial charge on any atom is -0.344 e. The largest absolute Gasteiger partial charge is 0.344 e. The van der Waals surface area contributed by atoms with Gasteiger partial charge in [-0.15, -0.1) is 0 Å². The third-order valence-corrected chi connectivity index (χ3v) is 4.73. The fourth-order valence-electron chi connectivity index (χ4n) is 3.70. The number of nitrogens with one attached hydrogen (secondary N) is 1. The highest BCUT2D eigenvalue weighted by atomic mass is 16.2. The normalized spacial score (nSPS) is 27.3. The van der Waals surface area contributed by atoms with Gasteiger partial charge < -0.3 is 5.32 Å². The van der Waals surface area contributed by atoms with E-state index in [1.165, 1.54) is 7.05 Å². The van der Waals surface area contributed by atoms with Crippen LogP contribution in [0.5, 0.6) is 0 Å². The predicted molar refractivity (Wildman–Crippen MR) is 74.5 cm³/mol. The number of hydrogen-bond acceptors (Lipinski definition) is 3. The Balaban J connectivity index is 1.86. The number of rotatable bonds is 0. The van der Waals surface area contributed by atoms with E-state index in [2.05, 4.69) is 5.32 Å². The van der Waals surface area contributed by atoms with Crippen molar-refractivity contribution >= 4 is 17.7 Å². The quantitative estimate of drug-likeness (QED) is 0.721. The van der Waals surface area contributed by atoms with Crippen molar-refractivity contribution in [1.82, 2.24) is 10.2 Å². The molecule has 106 valence electrons. The van der Waals surface area contributed by atoms with Gasteiger partial charge in [0.1, 0.15) is 0 Å². The van der Waals surface area contributed by atoms with Crippen molar-refractivity contribution in [1.29, 1.82) is 0 Å². The topological polar surface area (TPSA) is 66.5 Å². The summed E-state index contributed by atoms with van der Waals surface area (Å²) in [6, 6.07) is 7.12. The molecule has 1 aromatic carbocycles. The van der Waals surface area contributed by atoms with Gasteiger partial charge in [0, 0.05) is 29.7 Å². The lowest BCUT2D eigenvalue weighted by Gasteiger charge is -2.37. The standard InChI is InChI=1S/C16H14N2O3/c1-18-15(20)11-7-6-9-8-4-2-3-5-10(8)14(19)17-13(9)12(11)16(18)21/h2-5,9,13H,6-7H2,1H3,(H,17,19)/t9?,13-/m1/s1. The van der Waals surface area contributed by atoms with Crippen LogP contribution in [0.1, 0.15) is 34.7 Å². The van der Waals surface area contributed by atoms with Crippen molar-refractivity contribution in [3.05, 3.63) is 46.5 Å². The maximum atomic E-state index is 12.3. The monoisotopic (exact) mass is 282 g/mol. The van der Waals surface area contributed by atoms with E-state index in [0.717, 1.165) is 16.9 Å². The summed E-state index contributed by atoms with van der Waals surface area (Å²) in [6.45, 7) is 0. The van der Waals surface area contributed by atoms with Gasteiger partial charge in [0.25, 0.3) is 17.7 Å². The molecule has 1 N–H and O–H groups in total. The lowest BCUT2D eigenvalue weighted by molar-refractivity contribution is -0.136. The van der Waals surface area contributed by atoms with Crippen LogP contribution in [0.3, 0.4) is 0 Å². The lowest BCUT2D eigenvalue weighted by atomic mass is 9.73. The molecule has 0 radical (unpaired) electrons. The van der Waals surface area contributed by atoms with Crippen molar-refractivity contribution < 1.29 is 14.4 Å². The number of benzene rings is 1. The van der Waals surface area contributed by atoms with E-state index in [9.17, 15) is 14.4 Å². The molecule has 1 unspecified atom stereocenters. The van der Waals surface area contributed by atoms with Crippen LogP contribution in [0.4, 0.5) is 0 Å². The fourth-order valence-corrected chi connectivity index (χ4v) is 3.70. The second kappa shape index (κ2) is 4.04. The molecule has 3 amide bonds. The number of fused-ring (bicyclic) bond motifs is 4. The highest BCUT2D eigenvalue weighted by Gasteiger charge is 2.48. The Morgan fingerprint density at radius 3 is 2.71 bits per heavy atom. The minimum absolute atomic E-state index is 0.0703. The maximum Gasteiger partial charge on any atom is 0.258 e. The van der Waals surface area contributed by atoms with Gasteiger partial charge >= 0.3 is 0 Å². The van der Waals surface area contributed by atoms with Gasteiger partial charge in [0.2, 0.25) is 0 Å². The van der Waals surface area contributed by atoms with E-state index in [-0.39, 0.29) is 29.7 Å². The molecule has 21 heavy (non-hydrogen) atoms. The minimum atomic E-state index is -0.377. The Kier molecular flexibility index (Phi) is 2.37. The zero-order valence-corrected chi connectivity index (χ0v) is 11.6. The summed E-state index contributed by atoms with van der Waals surface area (Å²) < 4.78 is 0. The van der Waals surface area contributed by atoms with E-state index in [1.807, 2.05) is 18.2 Å². The number of imide groups is 1. The van der Waals surface area contributed by atoms with Gasteiger partial charge in [-0.3, -0.25) is 19.3 Å². The Bertz CT molecular complexity index is 735. The van der Waals surface area contributed by atoms with Gasteiger partial charge in [0.15, 0.2) is 0 Å². The van der Waals surface area contributed by atoms with Gasteiger partial charge in [-0.25, -0.2) is 0 Å². The third-order valence-electron chi connectivity index (χ3n) is 4.73. The second-order valence-electron chi connectivity index (χ2n) is 5.75. The molecule has 0 saturated carbocycles. The van der Waals surface area contributed by atoms with Crippen molar-refractivity contribution in [2.75, 3.05) is 7.05 Å².